The van der Waals surface area contributed by atoms with Gasteiger partial charge in [0.15, 0.2) is 0 Å². The van der Waals surface area contributed by atoms with Crippen molar-refractivity contribution in [3.8, 4) is 11.4 Å². The van der Waals surface area contributed by atoms with Gasteiger partial charge in [0, 0.05) is 24.7 Å². The van der Waals surface area contributed by atoms with E-state index in [1.807, 2.05) is 0 Å². The van der Waals surface area contributed by atoms with Crippen molar-refractivity contribution in [2.24, 2.45) is 5.73 Å². The second-order valence-corrected chi connectivity index (χ2v) is 8.16. The van der Waals surface area contributed by atoms with Crippen LogP contribution in [0.1, 0.15) is 50.1 Å². The van der Waals surface area contributed by atoms with Gasteiger partial charge < -0.3 is 10.3 Å². The summed E-state index contributed by atoms with van der Waals surface area (Å²) in [5, 5.41) is 4.04. The molecule has 0 saturated carbocycles. The number of likely N-dealkylation sites (tertiary alicyclic amines) is 2. The summed E-state index contributed by atoms with van der Waals surface area (Å²) in [6, 6.07) is 5.22. The van der Waals surface area contributed by atoms with Gasteiger partial charge in [-0.1, -0.05) is 17.3 Å². The Labute approximate surface area is 170 Å². The number of hydrogen-bond donors (Lipinski definition) is 1. The third-order valence-electron chi connectivity index (χ3n) is 6.37. The lowest BCUT2D eigenvalue weighted by Gasteiger charge is -2.40. The highest BCUT2D eigenvalue weighted by Crippen LogP contribution is 2.30. The van der Waals surface area contributed by atoms with Gasteiger partial charge in [-0.15, -0.1) is 0 Å². The first-order chi connectivity index (χ1) is 13.9. The summed E-state index contributed by atoms with van der Waals surface area (Å²) in [6.45, 7) is 6.51. The average Bonchev–Trinajstić information content (AvgIpc) is 3.39. The fourth-order valence-electron chi connectivity index (χ4n) is 4.55. The molecule has 2 aromatic rings. The lowest BCUT2D eigenvalue weighted by molar-refractivity contribution is -0.123. The molecule has 8 heteroatoms. The molecule has 1 aromatic heterocycles. The Bertz CT molecular complexity index is 878. The highest BCUT2D eigenvalue weighted by molar-refractivity contribution is 5.80. The fraction of sp³-hybridized carbons (Fsp3) is 0.571. The van der Waals surface area contributed by atoms with Crippen LogP contribution in [0.5, 0.6) is 0 Å². The topological polar surface area (TPSA) is 88.5 Å². The number of primary amides is 1. The van der Waals surface area contributed by atoms with E-state index < -0.39 is 0 Å². The van der Waals surface area contributed by atoms with E-state index in [4.69, 9.17) is 10.3 Å². The maximum Gasteiger partial charge on any atom is 0.244 e. The van der Waals surface area contributed by atoms with Crippen molar-refractivity contribution < 1.29 is 13.7 Å². The predicted molar refractivity (Wildman–Crippen MR) is 106 cm³/mol. The summed E-state index contributed by atoms with van der Waals surface area (Å²) in [5.41, 5.74) is 6.77. The smallest absolute Gasteiger partial charge is 0.244 e. The zero-order valence-corrected chi connectivity index (χ0v) is 17.0. The molecule has 2 fully saturated rings. The van der Waals surface area contributed by atoms with Gasteiger partial charge in [0.05, 0.1) is 12.1 Å². The molecule has 2 aliphatic heterocycles. The monoisotopic (exact) mass is 401 g/mol. The molecule has 29 heavy (non-hydrogen) atoms. The number of amides is 1. The molecule has 2 N–H and O–H groups in total. The van der Waals surface area contributed by atoms with Crippen molar-refractivity contribution >= 4 is 5.91 Å². The zero-order valence-electron chi connectivity index (χ0n) is 17.0. The Balaban J connectivity index is 1.39. The van der Waals surface area contributed by atoms with Crippen LogP contribution in [0, 0.1) is 12.7 Å². The summed E-state index contributed by atoms with van der Waals surface area (Å²) in [4.78, 5) is 20.8. The first-order valence-corrected chi connectivity index (χ1v) is 10.3. The van der Waals surface area contributed by atoms with Gasteiger partial charge in [-0.25, -0.2) is 4.39 Å². The van der Waals surface area contributed by atoms with Gasteiger partial charge >= 0.3 is 0 Å². The number of aryl methyl sites for hydroxylation is 1. The lowest BCUT2D eigenvalue weighted by atomic mass is 10.0. The molecule has 0 unspecified atom stereocenters. The third kappa shape index (κ3) is 4.04. The van der Waals surface area contributed by atoms with Crippen LogP contribution in [0.25, 0.3) is 11.4 Å². The van der Waals surface area contributed by atoms with E-state index in [2.05, 4.69) is 26.9 Å². The van der Waals surface area contributed by atoms with Crippen molar-refractivity contribution in [1.29, 1.82) is 0 Å². The number of benzene rings is 1. The number of halogens is 1. The molecule has 2 atom stereocenters. The molecule has 2 saturated heterocycles. The van der Waals surface area contributed by atoms with Gasteiger partial charge in [0.25, 0.3) is 0 Å². The quantitative estimate of drug-likeness (QED) is 0.829. The Morgan fingerprint density at radius 1 is 1.28 bits per heavy atom. The van der Waals surface area contributed by atoms with E-state index in [9.17, 15) is 9.18 Å². The van der Waals surface area contributed by atoms with E-state index in [0.717, 1.165) is 45.3 Å². The number of piperidine rings is 1. The maximum absolute atomic E-state index is 13.8. The number of carbonyl (C=O) groups is 1. The molecule has 3 heterocycles. The molecule has 156 valence electrons. The van der Waals surface area contributed by atoms with Crippen molar-refractivity contribution in [3.05, 3.63) is 35.5 Å². The van der Waals surface area contributed by atoms with Crippen LogP contribution in [0.2, 0.25) is 0 Å². The molecule has 1 aromatic carbocycles. The molecular weight excluding hydrogens is 373 g/mol. The van der Waals surface area contributed by atoms with Crippen LogP contribution in [-0.2, 0) is 4.79 Å². The van der Waals surface area contributed by atoms with Crippen molar-refractivity contribution in [1.82, 2.24) is 19.9 Å². The van der Waals surface area contributed by atoms with Crippen LogP contribution in [0.3, 0.4) is 0 Å². The second kappa shape index (κ2) is 8.20. The Morgan fingerprint density at radius 2 is 2.03 bits per heavy atom. The van der Waals surface area contributed by atoms with Crippen molar-refractivity contribution in [2.75, 3.05) is 19.6 Å². The summed E-state index contributed by atoms with van der Waals surface area (Å²) in [6.07, 6.45) is 3.88. The number of hydrogen-bond acceptors (Lipinski definition) is 6. The molecule has 7 nitrogen and oxygen atoms in total. The SMILES string of the molecule is Cc1ccc(-c2noc([C@@H](C)N3CCC(N4CCC[C@@H]4C(N)=O)CC3)n2)cc1F. The van der Waals surface area contributed by atoms with Gasteiger partial charge in [0.1, 0.15) is 5.82 Å². The zero-order chi connectivity index (χ0) is 20.5. The van der Waals surface area contributed by atoms with Gasteiger partial charge in [-0.2, -0.15) is 4.98 Å². The lowest BCUT2D eigenvalue weighted by Crippen LogP contribution is -2.50. The first kappa shape index (κ1) is 20.0. The number of aromatic nitrogens is 2. The van der Waals surface area contributed by atoms with E-state index in [0.29, 0.717) is 28.9 Å². The molecule has 1 amide bonds. The maximum atomic E-state index is 13.8. The molecular formula is C21H28FN5O2. The number of carbonyl (C=O) groups excluding carboxylic acids is 1. The summed E-state index contributed by atoms with van der Waals surface area (Å²) >= 11 is 0. The van der Waals surface area contributed by atoms with E-state index in [-0.39, 0.29) is 23.8 Å². The normalized spacial score (nSPS) is 22.8. The standard InChI is InChI=1S/C21H28FN5O2/c1-13-5-6-15(12-17(13)22)20-24-21(29-25-20)14(2)26-10-7-16(8-11-26)27-9-3-4-18(27)19(23)28/h5-6,12,14,16,18H,3-4,7-11H2,1-2H3,(H2,23,28)/t14-,18-/m1/s1. The number of nitrogens with zero attached hydrogens (tertiary/aromatic N) is 4. The molecule has 0 spiro atoms. The molecule has 0 radical (unpaired) electrons. The van der Waals surface area contributed by atoms with Crippen LogP contribution in [-0.4, -0.2) is 57.6 Å². The van der Waals surface area contributed by atoms with E-state index in [1.54, 1.807) is 19.1 Å². The van der Waals surface area contributed by atoms with Gasteiger partial charge in [0.2, 0.25) is 17.6 Å². The van der Waals surface area contributed by atoms with Crippen LogP contribution < -0.4 is 5.73 Å². The fourth-order valence-corrected chi connectivity index (χ4v) is 4.55. The summed E-state index contributed by atoms with van der Waals surface area (Å²) < 4.78 is 19.3. The van der Waals surface area contributed by atoms with Gasteiger partial charge in [-0.3, -0.25) is 14.6 Å². The molecule has 0 aliphatic carbocycles. The highest BCUT2D eigenvalue weighted by Gasteiger charge is 2.36. The van der Waals surface area contributed by atoms with Crippen LogP contribution >= 0.6 is 0 Å². The first-order valence-electron chi connectivity index (χ1n) is 10.3. The van der Waals surface area contributed by atoms with E-state index in [1.165, 1.54) is 6.07 Å². The van der Waals surface area contributed by atoms with Crippen molar-refractivity contribution in [2.45, 2.75) is 57.7 Å². The highest BCUT2D eigenvalue weighted by atomic mass is 19.1. The third-order valence-corrected chi connectivity index (χ3v) is 6.37. The molecule has 2 aliphatic rings. The minimum atomic E-state index is -0.278. The van der Waals surface area contributed by atoms with E-state index >= 15 is 0 Å². The number of nitrogens with two attached hydrogens (primary N) is 1. The van der Waals surface area contributed by atoms with Gasteiger partial charge in [-0.05, 0) is 57.7 Å². The Kier molecular flexibility index (Phi) is 5.65. The largest absolute Gasteiger partial charge is 0.368 e. The molecule has 4 rings (SSSR count). The van der Waals surface area contributed by atoms with Crippen molar-refractivity contribution in [3.63, 3.8) is 0 Å². The minimum absolute atomic E-state index is 0.0157. The van der Waals surface area contributed by atoms with Crippen LogP contribution in [0.4, 0.5) is 4.39 Å². The predicted octanol–water partition coefficient (Wildman–Crippen LogP) is 2.66. The summed E-state index contributed by atoms with van der Waals surface area (Å²) in [7, 11) is 0. The Morgan fingerprint density at radius 3 is 2.72 bits per heavy atom. The summed E-state index contributed by atoms with van der Waals surface area (Å²) in [5.74, 6) is 0.460. The second-order valence-electron chi connectivity index (χ2n) is 8.16. The average molecular weight is 401 g/mol. The minimum Gasteiger partial charge on any atom is -0.368 e. The van der Waals surface area contributed by atoms with Crippen LogP contribution in [0.15, 0.2) is 22.7 Å². The number of rotatable bonds is 5. The Hall–Kier alpha value is -2.32. The molecule has 0 bridgehead atoms.